The maximum atomic E-state index is 14.0. The van der Waals surface area contributed by atoms with Crippen molar-refractivity contribution in [1.82, 2.24) is 5.32 Å². The first kappa shape index (κ1) is 18.9. The summed E-state index contributed by atoms with van der Waals surface area (Å²) in [5, 5.41) is 3.60. The van der Waals surface area contributed by atoms with Crippen LogP contribution in [0.15, 0.2) is 48.5 Å². The number of quaternary nitrogens is 1. The Labute approximate surface area is 159 Å². The number of benzene rings is 2. The highest BCUT2D eigenvalue weighted by Crippen LogP contribution is 2.19. The zero-order valence-electron chi connectivity index (χ0n) is 15.0. The first-order valence-corrected chi connectivity index (χ1v) is 9.54. The molecule has 2 aromatic carbocycles. The maximum absolute atomic E-state index is 14.0. The largest absolute Gasteiger partial charge is 0.349 e. The summed E-state index contributed by atoms with van der Waals surface area (Å²) >= 11 is 6.13. The molecule has 3 rings (SSSR count). The molecule has 138 valence electrons. The minimum Gasteiger partial charge on any atom is -0.349 e. The number of likely N-dealkylation sites (tertiary alicyclic amines) is 1. The van der Waals surface area contributed by atoms with Crippen LogP contribution >= 0.6 is 11.6 Å². The summed E-state index contributed by atoms with van der Waals surface area (Å²) in [6.45, 7) is 4.28. The number of hydrogen-bond acceptors (Lipinski definition) is 1. The van der Waals surface area contributed by atoms with Gasteiger partial charge in [0.1, 0.15) is 12.4 Å². The number of carbonyl (C=O) groups is 1. The molecule has 2 N–H and O–H groups in total. The van der Waals surface area contributed by atoms with Crippen molar-refractivity contribution in [3.8, 4) is 0 Å². The highest BCUT2D eigenvalue weighted by atomic mass is 35.5. The van der Waals surface area contributed by atoms with Crippen molar-refractivity contribution >= 4 is 17.5 Å². The molecule has 1 heterocycles. The predicted molar refractivity (Wildman–Crippen MR) is 102 cm³/mol. The second-order valence-corrected chi connectivity index (χ2v) is 7.45. The summed E-state index contributed by atoms with van der Waals surface area (Å²) in [6, 6.07) is 14.8. The molecule has 3 nitrogen and oxygen atoms in total. The van der Waals surface area contributed by atoms with Crippen molar-refractivity contribution in [3.63, 3.8) is 0 Å². The van der Waals surface area contributed by atoms with E-state index >= 15 is 0 Å². The summed E-state index contributed by atoms with van der Waals surface area (Å²) in [7, 11) is 0. The Morgan fingerprint density at radius 2 is 1.88 bits per heavy atom. The smallest absolute Gasteiger partial charge is 0.224 e. The lowest BCUT2D eigenvalue weighted by Crippen LogP contribution is -3.11. The second kappa shape index (κ2) is 8.65. The Morgan fingerprint density at radius 3 is 2.54 bits per heavy atom. The predicted octanol–water partition coefficient (Wildman–Crippen LogP) is 3.15. The second-order valence-electron chi connectivity index (χ2n) is 7.04. The van der Waals surface area contributed by atoms with E-state index in [0.717, 1.165) is 31.5 Å². The number of carbonyl (C=O) groups excluding carboxylic acids is 1. The van der Waals surface area contributed by atoms with Crippen molar-refractivity contribution < 1.29 is 14.1 Å². The number of hydrogen-bond donors (Lipinski definition) is 2. The lowest BCUT2D eigenvalue weighted by atomic mass is 9.95. The summed E-state index contributed by atoms with van der Waals surface area (Å²) < 4.78 is 14.0. The molecule has 1 atom stereocenters. The van der Waals surface area contributed by atoms with Crippen LogP contribution < -0.4 is 10.2 Å². The van der Waals surface area contributed by atoms with Crippen LogP contribution in [0.2, 0.25) is 5.02 Å². The van der Waals surface area contributed by atoms with Crippen molar-refractivity contribution in [2.45, 2.75) is 32.4 Å². The molecule has 0 aromatic heterocycles. The molecule has 0 aliphatic carbocycles. The van der Waals surface area contributed by atoms with Crippen LogP contribution in [0.25, 0.3) is 0 Å². The van der Waals surface area contributed by atoms with Gasteiger partial charge in [0.05, 0.1) is 29.7 Å². The van der Waals surface area contributed by atoms with E-state index in [2.05, 4.69) is 5.32 Å². The van der Waals surface area contributed by atoms with Gasteiger partial charge in [-0.1, -0.05) is 48.0 Å². The van der Waals surface area contributed by atoms with Gasteiger partial charge in [-0.25, -0.2) is 4.39 Å². The zero-order valence-corrected chi connectivity index (χ0v) is 15.7. The number of halogens is 2. The quantitative estimate of drug-likeness (QED) is 0.827. The van der Waals surface area contributed by atoms with E-state index < -0.39 is 0 Å². The minimum atomic E-state index is -0.249. The van der Waals surface area contributed by atoms with E-state index in [1.54, 1.807) is 12.1 Å². The number of rotatable bonds is 5. The molecule has 2 aromatic rings. The first-order chi connectivity index (χ1) is 12.5. The van der Waals surface area contributed by atoms with Gasteiger partial charge in [-0.15, -0.1) is 0 Å². The first-order valence-electron chi connectivity index (χ1n) is 9.16. The molecular formula is C21H25ClFN2O+. The average Bonchev–Trinajstić information content (AvgIpc) is 2.66. The topological polar surface area (TPSA) is 33.5 Å². The summed E-state index contributed by atoms with van der Waals surface area (Å²) in [4.78, 5) is 13.8. The van der Waals surface area contributed by atoms with Crippen molar-refractivity contribution in [2.75, 3.05) is 13.1 Å². The molecule has 1 fully saturated rings. The fourth-order valence-electron chi connectivity index (χ4n) is 3.57. The van der Waals surface area contributed by atoms with Crippen molar-refractivity contribution in [3.05, 3.63) is 70.5 Å². The third-order valence-corrected chi connectivity index (χ3v) is 5.56. The van der Waals surface area contributed by atoms with Crippen LogP contribution in [0.3, 0.4) is 0 Å². The highest BCUT2D eigenvalue weighted by Gasteiger charge is 2.29. The third-order valence-electron chi connectivity index (χ3n) is 5.21. The Bertz CT molecular complexity index is 725. The molecule has 0 radical (unpaired) electrons. The van der Waals surface area contributed by atoms with Gasteiger partial charge in [-0.3, -0.25) is 4.79 Å². The van der Waals surface area contributed by atoms with Gasteiger partial charge in [0.15, 0.2) is 0 Å². The standard InChI is InChI=1S/C21H24ClFN2O/c1-15(16-6-3-2-4-7-16)24-21(26)17-10-12-25(13-11-17)14-18-19(22)8-5-9-20(18)23/h2-9,15,17H,10-14H2,1H3,(H,24,26)/p+1/t15-/m0/s1. The fraction of sp³-hybridized carbons (Fsp3) is 0.381. The molecule has 0 spiro atoms. The van der Waals surface area contributed by atoms with E-state index in [1.165, 1.54) is 11.0 Å². The Kier molecular flexibility index (Phi) is 6.28. The van der Waals surface area contributed by atoms with Crippen molar-refractivity contribution in [1.29, 1.82) is 0 Å². The molecule has 0 unspecified atom stereocenters. The summed E-state index contributed by atoms with van der Waals surface area (Å²) in [5.74, 6) is -0.105. The molecule has 1 aliphatic rings. The Hall–Kier alpha value is -1.91. The van der Waals surface area contributed by atoms with Crippen LogP contribution in [-0.4, -0.2) is 19.0 Å². The Morgan fingerprint density at radius 1 is 1.19 bits per heavy atom. The van der Waals surface area contributed by atoms with E-state index in [4.69, 9.17) is 11.6 Å². The van der Waals surface area contributed by atoms with Crippen LogP contribution in [0.1, 0.15) is 36.9 Å². The van der Waals surface area contributed by atoms with Gasteiger partial charge in [-0.05, 0) is 24.6 Å². The van der Waals surface area contributed by atoms with Gasteiger partial charge >= 0.3 is 0 Å². The van der Waals surface area contributed by atoms with Gasteiger partial charge in [0, 0.05) is 18.8 Å². The molecule has 26 heavy (non-hydrogen) atoms. The number of amides is 1. The molecule has 0 bridgehead atoms. The minimum absolute atomic E-state index is 0.00583. The highest BCUT2D eigenvalue weighted by molar-refractivity contribution is 6.31. The molecule has 1 aliphatic heterocycles. The number of piperidine rings is 1. The van der Waals surface area contributed by atoms with Gasteiger partial charge in [0.2, 0.25) is 5.91 Å². The summed E-state index contributed by atoms with van der Waals surface area (Å²) in [6.07, 6.45) is 1.63. The molecule has 1 saturated heterocycles. The fourth-order valence-corrected chi connectivity index (χ4v) is 3.80. The van der Waals surface area contributed by atoms with Crippen LogP contribution in [0.4, 0.5) is 4.39 Å². The van der Waals surface area contributed by atoms with Gasteiger partial charge in [-0.2, -0.15) is 0 Å². The summed E-state index contributed by atoms with van der Waals surface area (Å²) in [5.41, 5.74) is 1.68. The van der Waals surface area contributed by atoms with E-state index in [9.17, 15) is 9.18 Å². The third kappa shape index (κ3) is 4.63. The van der Waals surface area contributed by atoms with Crippen LogP contribution in [-0.2, 0) is 11.3 Å². The Balaban J connectivity index is 1.51. The molecule has 0 saturated carbocycles. The van der Waals surface area contributed by atoms with Crippen LogP contribution in [0, 0.1) is 11.7 Å². The van der Waals surface area contributed by atoms with Crippen molar-refractivity contribution in [2.24, 2.45) is 5.92 Å². The molecule has 1 amide bonds. The normalized spacial score (nSPS) is 21.2. The van der Waals surface area contributed by atoms with Crippen LogP contribution in [0.5, 0.6) is 0 Å². The maximum Gasteiger partial charge on any atom is 0.224 e. The average molecular weight is 376 g/mol. The number of nitrogens with one attached hydrogen (secondary N) is 2. The van der Waals surface area contributed by atoms with E-state index in [0.29, 0.717) is 17.1 Å². The lowest BCUT2D eigenvalue weighted by Gasteiger charge is -2.29. The molecule has 5 heteroatoms. The van der Waals surface area contributed by atoms with Gasteiger partial charge in [0.25, 0.3) is 0 Å². The van der Waals surface area contributed by atoms with E-state index in [-0.39, 0.29) is 23.7 Å². The lowest BCUT2D eigenvalue weighted by molar-refractivity contribution is -0.919. The SMILES string of the molecule is C[C@H](NC(=O)C1CC[NH+](Cc2c(F)cccc2Cl)CC1)c1ccccc1. The molecular weight excluding hydrogens is 351 g/mol. The monoisotopic (exact) mass is 375 g/mol. The van der Waals surface area contributed by atoms with E-state index in [1.807, 2.05) is 37.3 Å². The van der Waals surface area contributed by atoms with Gasteiger partial charge < -0.3 is 10.2 Å². The zero-order chi connectivity index (χ0) is 18.5.